The van der Waals surface area contributed by atoms with Crippen LogP contribution in [0.15, 0.2) is 60.7 Å². The van der Waals surface area contributed by atoms with E-state index < -0.39 is 0 Å². The molecule has 138 valence electrons. The lowest BCUT2D eigenvalue weighted by atomic mass is 10.1. The molecule has 4 rings (SSSR count). The predicted octanol–water partition coefficient (Wildman–Crippen LogP) is 4.38. The largest absolute Gasteiger partial charge is 0.497 e. The van der Waals surface area contributed by atoms with E-state index in [1.807, 2.05) is 36.4 Å². The van der Waals surface area contributed by atoms with Crippen molar-refractivity contribution in [3.8, 4) is 17.0 Å². The first kappa shape index (κ1) is 17.3. The summed E-state index contributed by atoms with van der Waals surface area (Å²) in [6.07, 6.45) is 3.30. The lowest BCUT2D eigenvalue weighted by Gasteiger charge is -2.11. The molecule has 0 amide bonds. The molecular formula is C22H24N4O. The van der Waals surface area contributed by atoms with Crippen molar-refractivity contribution in [1.82, 2.24) is 9.97 Å². The maximum Gasteiger partial charge on any atom is 0.225 e. The van der Waals surface area contributed by atoms with Gasteiger partial charge in [0.1, 0.15) is 11.6 Å². The van der Waals surface area contributed by atoms with Crippen molar-refractivity contribution in [3.05, 3.63) is 66.2 Å². The summed E-state index contributed by atoms with van der Waals surface area (Å²) in [6, 6.07) is 20.9. The van der Waals surface area contributed by atoms with Crippen LogP contribution >= 0.6 is 0 Å². The first-order valence-corrected chi connectivity index (χ1v) is 9.38. The van der Waals surface area contributed by atoms with Gasteiger partial charge in [0, 0.05) is 24.2 Å². The second kappa shape index (κ2) is 8.08. The van der Waals surface area contributed by atoms with Gasteiger partial charge in [-0.2, -0.15) is 4.98 Å². The predicted molar refractivity (Wildman–Crippen MR) is 109 cm³/mol. The first-order chi connectivity index (χ1) is 13.3. The van der Waals surface area contributed by atoms with E-state index in [-0.39, 0.29) is 0 Å². The fraction of sp³-hybridized carbons (Fsp3) is 0.273. The van der Waals surface area contributed by atoms with Crippen molar-refractivity contribution >= 4 is 11.8 Å². The molecule has 2 N–H and O–H groups in total. The highest BCUT2D eigenvalue weighted by Crippen LogP contribution is 2.26. The Labute approximate surface area is 159 Å². The number of hydrogen-bond acceptors (Lipinski definition) is 5. The smallest absolute Gasteiger partial charge is 0.225 e. The van der Waals surface area contributed by atoms with Gasteiger partial charge < -0.3 is 15.4 Å². The van der Waals surface area contributed by atoms with Gasteiger partial charge in [-0.15, -0.1) is 0 Å². The van der Waals surface area contributed by atoms with Crippen LogP contribution in [0.3, 0.4) is 0 Å². The summed E-state index contributed by atoms with van der Waals surface area (Å²) < 4.78 is 5.21. The van der Waals surface area contributed by atoms with E-state index in [0.717, 1.165) is 35.8 Å². The Morgan fingerprint density at radius 2 is 1.78 bits per heavy atom. The Bertz CT molecular complexity index is 877. The molecule has 0 radical (unpaired) electrons. The van der Waals surface area contributed by atoms with Crippen molar-refractivity contribution in [2.45, 2.75) is 25.3 Å². The quantitative estimate of drug-likeness (QED) is 0.624. The standard InChI is InChI=1S/C22H24N4O/c1-27-19-11-7-16(8-12-19)13-14-23-21-15-20(17-5-3-2-4-6-17)25-22(26-21)24-18-9-10-18/h2-8,11-12,15,18H,9-10,13-14H2,1H3,(H2,23,24,25,26). The molecule has 5 nitrogen and oxygen atoms in total. The Kier molecular flexibility index (Phi) is 5.19. The molecule has 1 aliphatic rings. The molecule has 1 saturated carbocycles. The summed E-state index contributed by atoms with van der Waals surface area (Å²) in [6.45, 7) is 0.806. The maximum absolute atomic E-state index is 5.21. The van der Waals surface area contributed by atoms with Crippen LogP contribution in [0, 0.1) is 0 Å². The lowest BCUT2D eigenvalue weighted by molar-refractivity contribution is 0.414. The molecule has 1 heterocycles. The van der Waals surface area contributed by atoms with Crippen LogP contribution < -0.4 is 15.4 Å². The lowest BCUT2D eigenvalue weighted by Crippen LogP contribution is -2.11. The van der Waals surface area contributed by atoms with E-state index in [2.05, 4.69) is 39.9 Å². The van der Waals surface area contributed by atoms with Gasteiger partial charge in [0.25, 0.3) is 0 Å². The van der Waals surface area contributed by atoms with Crippen LogP contribution in [0.4, 0.5) is 11.8 Å². The monoisotopic (exact) mass is 360 g/mol. The second-order valence-electron chi connectivity index (χ2n) is 6.77. The van der Waals surface area contributed by atoms with Crippen molar-refractivity contribution in [2.75, 3.05) is 24.3 Å². The molecule has 0 bridgehead atoms. The zero-order valence-corrected chi connectivity index (χ0v) is 15.5. The van der Waals surface area contributed by atoms with E-state index in [9.17, 15) is 0 Å². The summed E-state index contributed by atoms with van der Waals surface area (Å²) in [5.74, 6) is 2.43. The number of nitrogens with one attached hydrogen (secondary N) is 2. The number of rotatable bonds is 8. The van der Waals surface area contributed by atoms with Crippen molar-refractivity contribution < 1.29 is 4.74 Å². The van der Waals surface area contributed by atoms with E-state index in [0.29, 0.717) is 12.0 Å². The number of aromatic nitrogens is 2. The van der Waals surface area contributed by atoms with Crippen LogP contribution in [-0.4, -0.2) is 29.7 Å². The molecule has 0 saturated heterocycles. The molecule has 0 unspecified atom stereocenters. The highest BCUT2D eigenvalue weighted by Gasteiger charge is 2.22. The number of ether oxygens (including phenoxy) is 1. The van der Waals surface area contributed by atoms with Gasteiger partial charge in [-0.25, -0.2) is 4.98 Å². The Hall–Kier alpha value is -3.08. The molecule has 27 heavy (non-hydrogen) atoms. The molecular weight excluding hydrogens is 336 g/mol. The highest BCUT2D eigenvalue weighted by atomic mass is 16.5. The number of hydrogen-bond donors (Lipinski definition) is 2. The van der Waals surface area contributed by atoms with Crippen molar-refractivity contribution in [2.24, 2.45) is 0 Å². The zero-order chi connectivity index (χ0) is 18.5. The molecule has 1 aromatic heterocycles. The summed E-state index contributed by atoms with van der Waals surface area (Å²) in [5.41, 5.74) is 3.29. The fourth-order valence-electron chi connectivity index (χ4n) is 2.90. The van der Waals surface area contributed by atoms with Gasteiger partial charge in [0.2, 0.25) is 5.95 Å². The molecule has 0 spiro atoms. The van der Waals surface area contributed by atoms with E-state index in [4.69, 9.17) is 9.72 Å². The Morgan fingerprint density at radius 1 is 1.00 bits per heavy atom. The average molecular weight is 360 g/mol. The summed E-state index contributed by atoms with van der Waals surface area (Å²) in [5, 5.41) is 6.85. The molecule has 3 aromatic rings. The van der Waals surface area contributed by atoms with Gasteiger partial charge in [-0.1, -0.05) is 42.5 Å². The minimum atomic E-state index is 0.517. The SMILES string of the molecule is COc1ccc(CCNc2cc(-c3ccccc3)nc(NC3CC3)n2)cc1. The molecule has 5 heteroatoms. The average Bonchev–Trinajstić information content (AvgIpc) is 3.53. The first-order valence-electron chi connectivity index (χ1n) is 9.38. The molecule has 2 aromatic carbocycles. The molecule has 0 aliphatic heterocycles. The van der Waals surface area contributed by atoms with Gasteiger partial charge in [0.05, 0.1) is 12.8 Å². The Balaban J connectivity index is 1.46. The third kappa shape index (κ3) is 4.76. The zero-order valence-electron chi connectivity index (χ0n) is 15.5. The fourth-order valence-corrected chi connectivity index (χ4v) is 2.90. The van der Waals surface area contributed by atoms with E-state index >= 15 is 0 Å². The minimum absolute atomic E-state index is 0.517. The van der Waals surface area contributed by atoms with Crippen LogP contribution in [0.1, 0.15) is 18.4 Å². The Morgan fingerprint density at radius 3 is 2.48 bits per heavy atom. The van der Waals surface area contributed by atoms with Crippen LogP contribution in [0.25, 0.3) is 11.3 Å². The topological polar surface area (TPSA) is 59.1 Å². The van der Waals surface area contributed by atoms with Crippen molar-refractivity contribution in [1.29, 1.82) is 0 Å². The van der Waals surface area contributed by atoms with Crippen LogP contribution in [0.2, 0.25) is 0 Å². The number of nitrogens with zero attached hydrogens (tertiary/aromatic N) is 2. The molecule has 1 fully saturated rings. The van der Waals surface area contributed by atoms with Gasteiger partial charge in [-0.3, -0.25) is 0 Å². The maximum atomic E-state index is 5.21. The third-order valence-corrected chi connectivity index (χ3v) is 4.59. The van der Waals surface area contributed by atoms with E-state index in [1.165, 1.54) is 18.4 Å². The van der Waals surface area contributed by atoms with Crippen LogP contribution in [-0.2, 0) is 6.42 Å². The van der Waals surface area contributed by atoms with Gasteiger partial charge >= 0.3 is 0 Å². The summed E-state index contributed by atoms with van der Waals surface area (Å²) in [4.78, 5) is 9.34. The normalized spacial score (nSPS) is 13.2. The summed E-state index contributed by atoms with van der Waals surface area (Å²) in [7, 11) is 1.68. The van der Waals surface area contributed by atoms with Crippen LogP contribution in [0.5, 0.6) is 5.75 Å². The molecule has 1 aliphatic carbocycles. The molecule has 0 atom stereocenters. The number of benzene rings is 2. The number of anilines is 2. The number of methoxy groups -OCH3 is 1. The minimum Gasteiger partial charge on any atom is -0.497 e. The second-order valence-corrected chi connectivity index (χ2v) is 6.77. The van der Waals surface area contributed by atoms with Gasteiger partial charge in [-0.05, 0) is 37.0 Å². The van der Waals surface area contributed by atoms with E-state index in [1.54, 1.807) is 7.11 Å². The third-order valence-electron chi connectivity index (χ3n) is 4.59. The summed E-state index contributed by atoms with van der Waals surface area (Å²) >= 11 is 0. The highest BCUT2D eigenvalue weighted by molar-refractivity contribution is 5.64. The van der Waals surface area contributed by atoms with Gasteiger partial charge in [0.15, 0.2) is 0 Å². The van der Waals surface area contributed by atoms with Crippen molar-refractivity contribution in [3.63, 3.8) is 0 Å².